The number of fused-ring (bicyclic) bond motifs is 2. The Morgan fingerprint density at radius 1 is 1.07 bits per heavy atom. The van der Waals surface area contributed by atoms with E-state index in [4.69, 9.17) is 10.2 Å². The first-order valence-electron chi connectivity index (χ1n) is 9.78. The maximum Gasteiger partial charge on any atom is 0.330 e. The first kappa shape index (κ1) is 18.9. The lowest BCUT2D eigenvalue weighted by molar-refractivity contribution is 0.390. The van der Waals surface area contributed by atoms with Gasteiger partial charge in [-0.25, -0.2) is 9.78 Å². The van der Waals surface area contributed by atoms with Gasteiger partial charge in [-0.3, -0.25) is 14.1 Å². The molecule has 3 aromatic heterocycles. The summed E-state index contributed by atoms with van der Waals surface area (Å²) < 4.78 is 5.68. The molecule has 0 bridgehead atoms. The molecule has 0 fully saturated rings. The van der Waals surface area contributed by atoms with Gasteiger partial charge in [-0.1, -0.05) is 12.1 Å². The molecule has 0 aliphatic rings. The van der Waals surface area contributed by atoms with Crippen LogP contribution in [-0.4, -0.2) is 23.7 Å². The summed E-state index contributed by atoms with van der Waals surface area (Å²) in [5.74, 6) is 0.808. The molecule has 148 valence electrons. The van der Waals surface area contributed by atoms with Crippen molar-refractivity contribution in [1.29, 1.82) is 5.26 Å². The molecule has 4 aromatic rings. The number of rotatable bonds is 5. The van der Waals surface area contributed by atoms with Crippen LogP contribution in [0.25, 0.3) is 22.1 Å². The van der Waals surface area contributed by atoms with Crippen LogP contribution < -0.4 is 5.69 Å². The molecule has 0 spiro atoms. The fraction of sp³-hybridized carbons (Fsp3) is 0.364. The van der Waals surface area contributed by atoms with Crippen LogP contribution in [0.4, 0.5) is 0 Å². The Hall–Kier alpha value is -3.40. The van der Waals surface area contributed by atoms with Crippen molar-refractivity contribution in [3.63, 3.8) is 0 Å². The Kier molecular flexibility index (Phi) is 4.71. The normalized spacial score (nSPS) is 11.9. The zero-order valence-electron chi connectivity index (χ0n) is 17.0. The molecule has 0 amide bonds. The number of para-hydroxylation sites is 2. The SMILES string of the molecule is CC(C)(C)n1c(=O)n(Cc2nc3ccccc3n2CCCC#N)c2cnccc21. The zero-order valence-corrected chi connectivity index (χ0v) is 17.0. The topological polar surface area (TPSA) is 81.4 Å². The number of pyridine rings is 1. The fourth-order valence-electron chi connectivity index (χ4n) is 3.86. The van der Waals surface area contributed by atoms with E-state index in [1.54, 1.807) is 17.0 Å². The number of benzene rings is 1. The van der Waals surface area contributed by atoms with Crippen LogP contribution >= 0.6 is 0 Å². The molecule has 0 radical (unpaired) electrons. The Morgan fingerprint density at radius 2 is 1.86 bits per heavy atom. The van der Waals surface area contributed by atoms with Crippen LogP contribution in [0.2, 0.25) is 0 Å². The van der Waals surface area contributed by atoms with Gasteiger partial charge in [0.15, 0.2) is 0 Å². The molecule has 1 aromatic carbocycles. The number of hydrogen-bond donors (Lipinski definition) is 0. The third kappa shape index (κ3) is 3.31. The van der Waals surface area contributed by atoms with Gasteiger partial charge < -0.3 is 4.57 Å². The average Bonchev–Trinajstić information content (AvgIpc) is 3.17. The molecule has 0 aliphatic carbocycles. The highest BCUT2D eigenvalue weighted by molar-refractivity contribution is 5.77. The van der Waals surface area contributed by atoms with Crippen LogP contribution in [0.5, 0.6) is 0 Å². The van der Waals surface area contributed by atoms with Crippen molar-refractivity contribution in [3.8, 4) is 6.07 Å². The molecule has 7 nitrogen and oxygen atoms in total. The summed E-state index contributed by atoms with van der Waals surface area (Å²) in [7, 11) is 0. The van der Waals surface area contributed by atoms with Crippen molar-refractivity contribution < 1.29 is 0 Å². The minimum atomic E-state index is -0.352. The van der Waals surface area contributed by atoms with Crippen molar-refractivity contribution in [2.45, 2.75) is 52.2 Å². The number of aryl methyl sites for hydroxylation is 1. The van der Waals surface area contributed by atoms with Gasteiger partial charge in [0.05, 0.1) is 40.9 Å². The fourth-order valence-corrected chi connectivity index (χ4v) is 3.86. The predicted molar refractivity (Wildman–Crippen MR) is 113 cm³/mol. The molecule has 4 rings (SSSR count). The number of imidazole rings is 2. The number of aromatic nitrogens is 5. The van der Waals surface area contributed by atoms with E-state index in [1.807, 2.05) is 55.7 Å². The summed E-state index contributed by atoms with van der Waals surface area (Å²) in [5.41, 5.74) is 3.15. The molecular formula is C22H24N6O. The second kappa shape index (κ2) is 7.21. The van der Waals surface area contributed by atoms with E-state index in [0.717, 1.165) is 34.3 Å². The molecule has 0 aliphatic heterocycles. The van der Waals surface area contributed by atoms with Crippen molar-refractivity contribution in [2.24, 2.45) is 0 Å². The molecule has 7 heteroatoms. The van der Waals surface area contributed by atoms with Crippen molar-refractivity contribution >= 4 is 22.1 Å². The van der Waals surface area contributed by atoms with E-state index in [2.05, 4.69) is 15.6 Å². The summed E-state index contributed by atoms with van der Waals surface area (Å²) >= 11 is 0. The zero-order chi connectivity index (χ0) is 20.6. The molecular weight excluding hydrogens is 364 g/mol. The van der Waals surface area contributed by atoms with Gasteiger partial charge >= 0.3 is 5.69 Å². The number of unbranched alkanes of at least 4 members (excludes halogenated alkanes) is 1. The quantitative estimate of drug-likeness (QED) is 0.489. The molecule has 0 N–H and O–H groups in total. The monoisotopic (exact) mass is 388 g/mol. The first-order chi connectivity index (χ1) is 13.9. The second-order valence-electron chi connectivity index (χ2n) is 8.17. The molecule has 0 saturated heterocycles. The van der Waals surface area contributed by atoms with E-state index >= 15 is 0 Å². The highest BCUT2D eigenvalue weighted by Crippen LogP contribution is 2.22. The van der Waals surface area contributed by atoms with Gasteiger partial charge in [0.25, 0.3) is 0 Å². The Morgan fingerprint density at radius 3 is 2.62 bits per heavy atom. The maximum absolute atomic E-state index is 13.3. The van der Waals surface area contributed by atoms with Crippen LogP contribution in [0, 0.1) is 11.3 Å². The first-order valence-corrected chi connectivity index (χ1v) is 9.78. The Balaban J connectivity index is 1.87. The molecule has 29 heavy (non-hydrogen) atoms. The van der Waals surface area contributed by atoms with Gasteiger partial charge in [-0.05, 0) is 45.4 Å². The van der Waals surface area contributed by atoms with E-state index in [1.165, 1.54) is 0 Å². The van der Waals surface area contributed by atoms with E-state index in [0.29, 0.717) is 19.5 Å². The lowest BCUT2D eigenvalue weighted by Crippen LogP contribution is -2.35. The van der Waals surface area contributed by atoms with Crippen molar-refractivity contribution in [3.05, 3.63) is 59.0 Å². The van der Waals surface area contributed by atoms with Crippen LogP contribution in [0.1, 0.15) is 39.4 Å². The van der Waals surface area contributed by atoms with Crippen molar-refractivity contribution in [2.75, 3.05) is 0 Å². The second-order valence-corrected chi connectivity index (χ2v) is 8.17. The number of nitriles is 1. The van der Waals surface area contributed by atoms with E-state index in [-0.39, 0.29) is 11.2 Å². The lowest BCUT2D eigenvalue weighted by atomic mass is 10.1. The van der Waals surface area contributed by atoms with Crippen LogP contribution in [-0.2, 0) is 18.6 Å². The molecule has 0 saturated carbocycles. The average molecular weight is 388 g/mol. The summed E-state index contributed by atoms with van der Waals surface area (Å²) in [6.45, 7) is 7.11. The minimum absolute atomic E-state index is 0.0730. The summed E-state index contributed by atoms with van der Waals surface area (Å²) in [6.07, 6.45) is 4.68. The van der Waals surface area contributed by atoms with Gasteiger partial charge in [0.1, 0.15) is 5.82 Å². The summed E-state index contributed by atoms with van der Waals surface area (Å²) in [6, 6.07) is 12.0. The van der Waals surface area contributed by atoms with E-state index in [9.17, 15) is 4.79 Å². The highest BCUT2D eigenvalue weighted by atomic mass is 16.1. The minimum Gasteiger partial charge on any atom is -0.326 e. The van der Waals surface area contributed by atoms with Gasteiger partial charge in [0.2, 0.25) is 0 Å². The number of hydrogen-bond acceptors (Lipinski definition) is 4. The van der Waals surface area contributed by atoms with Gasteiger partial charge in [-0.2, -0.15) is 5.26 Å². The Bertz CT molecular complexity index is 1280. The highest BCUT2D eigenvalue weighted by Gasteiger charge is 2.23. The third-order valence-corrected chi connectivity index (χ3v) is 5.11. The standard InChI is InChI=1S/C22H24N6O/c1-22(2,3)28-18-10-12-24-14-19(18)27(21(28)29)15-20-25-16-8-4-5-9-17(16)26(20)13-7-6-11-23/h4-5,8-10,12,14H,6-7,13,15H2,1-3H3. The number of nitrogens with zero attached hydrogens (tertiary/aromatic N) is 6. The largest absolute Gasteiger partial charge is 0.330 e. The Labute approximate surface area is 168 Å². The molecule has 3 heterocycles. The van der Waals surface area contributed by atoms with E-state index < -0.39 is 0 Å². The predicted octanol–water partition coefficient (Wildman–Crippen LogP) is 3.65. The van der Waals surface area contributed by atoms with Crippen LogP contribution in [0.3, 0.4) is 0 Å². The molecule has 0 atom stereocenters. The van der Waals surface area contributed by atoms with Gasteiger partial charge in [-0.15, -0.1) is 0 Å². The maximum atomic E-state index is 13.3. The smallest absolute Gasteiger partial charge is 0.326 e. The summed E-state index contributed by atoms with van der Waals surface area (Å²) in [4.78, 5) is 22.4. The van der Waals surface area contributed by atoms with Gasteiger partial charge in [0, 0.05) is 24.7 Å². The summed E-state index contributed by atoms with van der Waals surface area (Å²) in [5, 5.41) is 8.92. The van der Waals surface area contributed by atoms with Crippen molar-refractivity contribution in [1.82, 2.24) is 23.7 Å². The van der Waals surface area contributed by atoms with Crippen LogP contribution in [0.15, 0.2) is 47.5 Å². The third-order valence-electron chi connectivity index (χ3n) is 5.11. The lowest BCUT2D eigenvalue weighted by Gasteiger charge is -2.20. The molecule has 0 unspecified atom stereocenters.